The largest absolute Gasteiger partial charge is 0.486 e. The summed E-state index contributed by atoms with van der Waals surface area (Å²) >= 11 is 0. The number of ketones is 1. The van der Waals surface area contributed by atoms with Crippen LogP contribution in [-0.2, 0) is 4.79 Å². The first-order chi connectivity index (χ1) is 12.6. The van der Waals surface area contributed by atoms with Gasteiger partial charge in [-0.25, -0.2) is 0 Å². The van der Waals surface area contributed by atoms with Crippen LogP contribution in [0.1, 0.15) is 43.0 Å². The second kappa shape index (κ2) is 7.14. The molecular weight excluding hydrogens is 330 g/mol. The van der Waals surface area contributed by atoms with Gasteiger partial charge >= 0.3 is 0 Å². The molecule has 2 fully saturated rings. The van der Waals surface area contributed by atoms with Gasteiger partial charge in [0.25, 0.3) is 0 Å². The Balaban J connectivity index is 1.36. The third-order valence-electron chi connectivity index (χ3n) is 5.58. The van der Waals surface area contributed by atoms with Crippen molar-refractivity contribution in [2.45, 2.75) is 32.6 Å². The van der Waals surface area contributed by atoms with E-state index in [2.05, 4.69) is 0 Å². The molecule has 2 heterocycles. The van der Waals surface area contributed by atoms with Gasteiger partial charge < -0.3 is 14.4 Å². The van der Waals surface area contributed by atoms with Crippen molar-refractivity contribution in [2.75, 3.05) is 26.3 Å². The number of rotatable bonds is 4. The van der Waals surface area contributed by atoms with Gasteiger partial charge in [-0.05, 0) is 56.7 Å². The number of allylic oxidation sites excluding steroid dienone is 1. The minimum absolute atomic E-state index is 0.0323. The van der Waals surface area contributed by atoms with Gasteiger partial charge in [0.15, 0.2) is 17.3 Å². The van der Waals surface area contributed by atoms with Crippen LogP contribution in [0.15, 0.2) is 29.8 Å². The van der Waals surface area contributed by atoms with Gasteiger partial charge in [-0.3, -0.25) is 9.59 Å². The molecule has 1 aromatic rings. The highest BCUT2D eigenvalue weighted by Crippen LogP contribution is 2.36. The summed E-state index contributed by atoms with van der Waals surface area (Å²) in [5.41, 5.74) is 1.87. The highest BCUT2D eigenvalue weighted by atomic mass is 16.6. The Kier molecular flexibility index (Phi) is 4.70. The Bertz CT molecular complexity index is 742. The quantitative estimate of drug-likeness (QED) is 0.615. The maximum atomic E-state index is 12.8. The summed E-state index contributed by atoms with van der Waals surface area (Å²) in [6.07, 6.45) is 5.65. The molecule has 26 heavy (non-hydrogen) atoms. The molecule has 5 heteroatoms. The summed E-state index contributed by atoms with van der Waals surface area (Å²) in [4.78, 5) is 27.1. The fourth-order valence-corrected chi connectivity index (χ4v) is 3.74. The van der Waals surface area contributed by atoms with E-state index in [0.717, 1.165) is 12.8 Å². The van der Waals surface area contributed by atoms with Crippen LogP contribution >= 0.6 is 0 Å². The molecule has 4 rings (SSSR count). The zero-order valence-electron chi connectivity index (χ0n) is 15.2. The number of amides is 1. The molecule has 1 aromatic carbocycles. The molecule has 3 aliphatic rings. The fraction of sp³-hybridized carbons (Fsp3) is 0.524. The van der Waals surface area contributed by atoms with Gasteiger partial charge in [0, 0.05) is 30.6 Å². The van der Waals surface area contributed by atoms with Crippen LogP contribution in [0.2, 0.25) is 0 Å². The Labute approximate surface area is 154 Å². The number of ether oxygens (including phenoxy) is 2. The van der Waals surface area contributed by atoms with Crippen LogP contribution in [0, 0.1) is 11.8 Å². The van der Waals surface area contributed by atoms with E-state index in [4.69, 9.17) is 9.47 Å². The van der Waals surface area contributed by atoms with Gasteiger partial charge in [0.05, 0.1) is 0 Å². The lowest BCUT2D eigenvalue weighted by Crippen LogP contribution is -2.39. The van der Waals surface area contributed by atoms with E-state index in [1.165, 1.54) is 18.4 Å². The lowest BCUT2D eigenvalue weighted by molar-refractivity contribution is -0.127. The lowest BCUT2D eigenvalue weighted by atomic mass is 9.88. The SMILES string of the molecule is CC(=CC(=O)N1CCC(C(=O)c2ccc3c(c2)OCCO3)CC1)C1CC1. The summed E-state index contributed by atoms with van der Waals surface area (Å²) in [5, 5.41) is 0. The van der Waals surface area contributed by atoms with Crippen molar-refractivity contribution in [1.82, 2.24) is 4.90 Å². The summed E-state index contributed by atoms with van der Waals surface area (Å²) < 4.78 is 11.1. The molecule has 1 aliphatic carbocycles. The van der Waals surface area contributed by atoms with Gasteiger partial charge in [-0.15, -0.1) is 0 Å². The van der Waals surface area contributed by atoms with Crippen molar-refractivity contribution in [3.63, 3.8) is 0 Å². The van der Waals surface area contributed by atoms with E-state index in [1.807, 2.05) is 24.0 Å². The number of carbonyl (C=O) groups is 2. The van der Waals surface area contributed by atoms with Crippen molar-refractivity contribution in [3.8, 4) is 11.5 Å². The normalized spacial score (nSPS) is 20.8. The van der Waals surface area contributed by atoms with Crippen molar-refractivity contribution >= 4 is 11.7 Å². The first-order valence-corrected chi connectivity index (χ1v) is 9.53. The molecule has 138 valence electrons. The maximum Gasteiger partial charge on any atom is 0.246 e. The molecule has 0 unspecified atom stereocenters. The first kappa shape index (κ1) is 17.1. The van der Waals surface area contributed by atoms with Gasteiger partial charge in [0.2, 0.25) is 5.91 Å². The van der Waals surface area contributed by atoms with E-state index in [9.17, 15) is 9.59 Å². The Morgan fingerprint density at radius 2 is 1.69 bits per heavy atom. The minimum atomic E-state index is -0.0323. The van der Waals surface area contributed by atoms with Crippen LogP contribution < -0.4 is 9.47 Å². The molecular formula is C21H25NO4. The van der Waals surface area contributed by atoms with Gasteiger partial charge in [-0.2, -0.15) is 0 Å². The molecule has 0 atom stereocenters. The van der Waals surface area contributed by atoms with E-state index >= 15 is 0 Å². The number of nitrogens with zero attached hydrogens (tertiary/aromatic N) is 1. The summed E-state index contributed by atoms with van der Waals surface area (Å²) in [6, 6.07) is 5.41. The van der Waals surface area contributed by atoms with Crippen LogP contribution in [0.4, 0.5) is 0 Å². The molecule has 2 aliphatic heterocycles. The topological polar surface area (TPSA) is 55.8 Å². The highest BCUT2D eigenvalue weighted by molar-refractivity contribution is 5.98. The maximum absolute atomic E-state index is 12.8. The standard InChI is InChI=1S/C21H25NO4/c1-14(15-2-3-15)12-20(23)22-8-6-16(7-9-22)21(24)17-4-5-18-19(13-17)26-11-10-25-18/h4-5,12-13,15-16H,2-3,6-11H2,1H3. The minimum Gasteiger partial charge on any atom is -0.486 e. The fourth-order valence-electron chi connectivity index (χ4n) is 3.74. The van der Waals surface area contributed by atoms with Gasteiger partial charge in [0.1, 0.15) is 13.2 Å². The third kappa shape index (κ3) is 3.62. The molecule has 1 saturated carbocycles. The van der Waals surface area contributed by atoms with Crippen molar-refractivity contribution in [2.24, 2.45) is 11.8 Å². The lowest BCUT2D eigenvalue weighted by Gasteiger charge is -2.31. The molecule has 0 aromatic heterocycles. The number of carbonyl (C=O) groups excluding carboxylic acids is 2. The van der Waals surface area contributed by atoms with Gasteiger partial charge in [-0.1, -0.05) is 5.57 Å². The number of likely N-dealkylation sites (tertiary alicyclic amines) is 1. The smallest absolute Gasteiger partial charge is 0.246 e. The average molecular weight is 355 g/mol. The molecule has 5 nitrogen and oxygen atoms in total. The van der Waals surface area contributed by atoms with Crippen molar-refractivity contribution in [3.05, 3.63) is 35.4 Å². The molecule has 0 bridgehead atoms. The van der Waals surface area contributed by atoms with Crippen LogP contribution in [0.25, 0.3) is 0 Å². The number of hydrogen-bond acceptors (Lipinski definition) is 4. The summed E-state index contributed by atoms with van der Waals surface area (Å²) in [7, 11) is 0. The second-order valence-electron chi connectivity index (χ2n) is 7.48. The van der Waals surface area contributed by atoms with E-state index in [0.29, 0.717) is 49.3 Å². The van der Waals surface area contributed by atoms with Crippen LogP contribution in [0.5, 0.6) is 11.5 Å². The molecule has 0 radical (unpaired) electrons. The first-order valence-electron chi connectivity index (χ1n) is 9.53. The van der Waals surface area contributed by atoms with E-state index in [-0.39, 0.29) is 17.6 Å². The molecule has 0 N–H and O–H groups in total. The highest BCUT2D eigenvalue weighted by Gasteiger charge is 2.29. The second-order valence-corrected chi connectivity index (χ2v) is 7.48. The van der Waals surface area contributed by atoms with Crippen LogP contribution in [-0.4, -0.2) is 42.9 Å². The zero-order chi connectivity index (χ0) is 18.1. The zero-order valence-corrected chi connectivity index (χ0v) is 15.2. The van der Waals surface area contributed by atoms with E-state index in [1.54, 1.807) is 12.1 Å². The van der Waals surface area contributed by atoms with Crippen molar-refractivity contribution < 1.29 is 19.1 Å². The molecule has 1 amide bonds. The number of benzene rings is 1. The summed E-state index contributed by atoms with van der Waals surface area (Å²) in [5.74, 6) is 2.17. The number of hydrogen-bond donors (Lipinski definition) is 0. The summed E-state index contributed by atoms with van der Waals surface area (Å²) in [6.45, 7) is 4.40. The van der Waals surface area contributed by atoms with E-state index < -0.39 is 0 Å². The Morgan fingerprint density at radius 3 is 2.38 bits per heavy atom. The average Bonchev–Trinajstić information content (AvgIpc) is 3.52. The Morgan fingerprint density at radius 1 is 1.00 bits per heavy atom. The molecule has 0 spiro atoms. The number of fused-ring (bicyclic) bond motifs is 1. The number of piperidine rings is 1. The molecule has 1 saturated heterocycles. The van der Waals surface area contributed by atoms with Crippen LogP contribution in [0.3, 0.4) is 0 Å². The Hall–Kier alpha value is -2.30. The third-order valence-corrected chi connectivity index (χ3v) is 5.58. The predicted octanol–water partition coefficient (Wildman–Crippen LogP) is 3.24. The monoisotopic (exact) mass is 355 g/mol. The predicted molar refractivity (Wildman–Crippen MR) is 97.5 cm³/mol. The number of Topliss-reactive ketones (excluding diaryl/α,β-unsaturated/α-hetero) is 1. The van der Waals surface area contributed by atoms with Crippen molar-refractivity contribution in [1.29, 1.82) is 0 Å².